The van der Waals surface area contributed by atoms with E-state index in [9.17, 15) is 5.11 Å². The number of nitrogens with zero attached hydrogens (tertiary/aromatic N) is 3. The van der Waals surface area contributed by atoms with Gasteiger partial charge in [0, 0.05) is 49.8 Å². The Morgan fingerprint density at radius 2 is 2.32 bits per heavy atom. The zero-order valence-corrected chi connectivity index (χ0v) is 12.9. The minimum Gasteiger partial charge on any atom is -0.481 e. The minimum atomic E-state index is -0.354. The standard InChI is InChI=1S/C16H21N3O3/c1-11-6-14(22-18-11)7-13-9-19(10-15(13)20)8-12-4-3-5-17-16(12)21-2/h3-6,13,15,20H,7-10H2,1-2H3/t13-,15-/m1/s1. The second-order valence-corrected chi connectivity index (χ2v) is 5.83. The molecular weight excluding hydrogens is 282 g/mol. The molecule has 0 aromatic carbocycles. The summed E-state index contributed by atoms with van der Waals surface area (Å²) in [6, 6.07) is 5.84. The van der Waals surface area contributed by atoms with Gasteiger partial charge in [-0.15, -0.1) is 0 Å². The Bertz CT molecular complexity index is 629. The van der Waals surface area contributed by atoms with Crippen LogP contribution in [0.1, 0.15) is 17.0 Å². The number of hydrogen-bond acceptors (Lipinski definition) is 6. The predicted molar refractivity (Wildman–Crippen MR) is 80.5 cm³/mol. The number of rotatable bonds is 5. The Hall–Kier alpha value is -1.92. The maximum absolute atomic E-state index is 10.3. The SMILES string of the molecule is COc1ncccc1CN1C[C@@H](Cc2cc(C)no2)[C@H](O)C1. The molecule has 0 spiro atoms. The lowest BCUT2D eigenvalue weighted by molar-refractivity contribution is 0.137. The van der Waals surface area contributed by atoms with Gasteiger partial charge in [-0.05, 0) is 13.0 Å². The Morgan fingerprint density at radius 3 is 3.05 bits per heavy atom. The van der Waals surface area contributed by atoms with E-state index in [2.05, 4.69) is 15.0 Å². The maximum atomic E-state index is 10.3. The van der Waals surface area contributed by atoms with Gasteiger partial charge in [-0.2, -0.15) is 0 Å². The van der Waals surface area contributed by atoms with E-state index in [1.165, 1.54) is 0 Å². The number of β-amino-alcohol motifs (C(OH)–C–C–N with tert-alkyl or cyclic N) is 1. The topological polar surface area (TPSA) is 71.6 Å². The Balaban J connectivity index is 1.63. The number of methoxy groups -OCH3 is 1. The van der Waals surface area contributed by atoms with Crippen molar-refractivity contribution in [1.29, 1.82) is 0 Å². The van der Waals surface area contributed by atoms with Crippen LogP contribution in [0.5, 0.6) is 5.88 Å². The zero-order chi connectivity index (χ0) is 15.5. The average molecular weight is 303 g/mol. The summed E-state index contributed by atoms with van der Waals surface area (Å²) in [6.07, 6.45) is 2.08. The van der Waals surface area contributed by atoms with Crippen LogP contribution in [0.3, 0.4) is 0 Å². The molecule has 0 aliphatic carbocycles. The first-order valence-electron chi connectivity index (χ1n) is 7.46. The van der Waals surface area contributed by atoms with Crippen LogP contribution >= 0.6 is 0 Å². The third-order valence-electron chi connectivity index (χ3n) is 4.06. The van der Waals surface area contributed by atoms with Crippen molar-refractivity contribution >= 4 is 0 Å². The van der Waals surface area contributed by atoms with Crippen molar-refractivity contribution in [3.63, 3.8) is 0 Å². The van der Waals surface area contributed by atoms with E-state index >= 15 is 0 Å². The molecule has 2 aromatic rings. The van der Waals surface area contributed by atoms with E-state index in [0.717, 1.165) is 30.1 Å². The van der Waals surface area contributed by atoms with Crippen LogP contribution in [0.4, 0.5) is 0 Å². The minimum absolute atomic E-state index is 0.162. The normalized spacial score (nSPS) is 22.1. The highest BCUT2D eigenvalue weighted by Crippen LogP contribution is 2.25. The van der Waals surface area contributed by atoms with Crippen molar-refractivity contribution in [3.05, 3.63) is 41.4 Å². The number of pyridine rings is 1. The molecule has 0 amide bonds. The summed E-state index contributed by atoms with van der Waals surface area (Å²) in [4.78, 5) is 6.43. The van der Waals surface area contributed by atoms with E-state index in [4.69, 9.17) is 9.26 Å². The van der Waals surface area contributed by atoms with E-state index in [1.807, 2.05) is 25.1 Å². The van der Waals surface area contributed by atoms with Gasteiger partial charge in [0.1, 0.15) is 5.76 Å². The lowest BCUT2D eigenvalue weighted by atomic mass is 10.0. The van der Waals surface area contributed by atoms with Crippen molar-refractivity contribution in [1.82, 2.24) is 15.0 Å². The van der Waals surface area contributed by atoms with Crippen molar-refractivity contribution in [2.45, 2.75) is 26.0 Å². The lowest BCUT2D eigenvalue weighted by Gasteiger charge is -2.16. The number of aryl methyl sites for hydroxylation is 1. The molecule has 1 aliphatic heterocycles. The van der Waals surface area contributed by atoms with Crippen LogP contribution in [0.15, 0.2) is 28.9 Å². The molecule has 0 saturated carbocycles. The molecule has 2 aromatic heterocycles. The first kappa shape index (κ1) is 15.0. The van der Waals surface area contributed by atoms with Gasteiger partial charge in [-0.3, -0.25) is 4.90 Å². The highest BCUT2D eigenvalue weighted by Gasteiger charge is 2.32. The molecule has 6 nitrogen and oxygen atoms in total. The largest absolute Gasteiger partial charge is 0.481 e. The first-order valence-corrected chi connectivity index (χ1v) is 7.46. The van der Waals surface area contributed by atoms with Gasteiger partial charge < -0.3 is 14.4 Å². The fourth-order valence-corrected chi connectivity index (χ4v) is 3.01. The smallest absolute Gasteiger partial charge is 0.217 e. The highest BCUT2D eigenvalue weighted by atomic mass is 16.5. The van der Waals surface area contributed by atoms with Gasteiger partial charge >= 0.3 is 0 Å². The summed E-state index contributed by atoms with van der Waals surface area (Å²) in [5.74, 6) is 1.64. The molecule has 118 valence electrons. The van der Waals surface area contributed by atoms with E-state index in [1.54, 1.807) is 13.3 Å². The fourth-order valence-electron chi connectivity index (χ4n) is 3.01. The van der Waals surface area contributed by atoms with Crippen molar-refractivity contribution < 1.29 is 14.4 Å². The number of hydrogen-bond donors (Lipinski definition) is 1. The molecule has 1 N–H and O–H groups in total. The molecule has 0 unspecified atom stereocenters. The second kappa shape index (κ2) is 6.46. The molecule has 1 saturated heterocycles. The van der Waals surface area contributed by atoms with Gasteiger partial charge in [0.2, 0.25) is 5.88 Å². The van der Waals surface area contributed by atoms with Crippen LogP contribution in [0, 0.1) is 12.8 Å². The molecule has 1 fully saturated rings. The van der Waals surface area contributed by atoms with Gasteiger partial charge in [-0.25, -0.2) is 4.98 Å². The fraction of sp³-hybridized carbons (Fsp3) is 0.500. The summed E-state index contributed by atoms with van der Waals surface area (Å²) in [7, 11) is 1.62. The number of aromatic nitrogens is 2. The van der Waals surface area contributed by atoms with Crippen LogP contribution in [-0.2, 0) is 13.0 Å². The third-order valence-corrected chi connectivity index (χ3v) is 4.06. The molecule has 6 heteroatoms. The van der Waals surface area contributed by atoms with Gasteiger partial charge in [0.15, 0.2) is 0 Å². The monoisotopic (exact) mass is 303 g/mol. The molecule has 22 heavy (non-hydrogen) atoms. The number of aliphatic hydroxyl groups excluding tert-OH is 1. The molecule has 0 radical (unpaired) electrons. The third kappa shape index (κ3) is 3.28. The molecule has 3 heterocycles. The first-order chi connectivity index (χ1) is 10.7. The van der Waals surface area contributed by atoms with E-state index in [-0.39, 0.29) is 12.0 Å². The van der Waals surface area contributed by atoms with Crippen LogP contribution in [0.2, 0.25) is 0 Å². The molecule has 0 bridgehead atoms. The van der Waals surface area contributed by atoms with Crippen molar-refractivity contribution in [2.24, 2.45) is 5.92 Å². The molecule has 2 atom stereocenters. The van der Waals surface area contributed by atoms with Crippen LogP contribution in [0.25, 0.3) is 0 Å². The summed E-state index contributed by atoms with van der Waals surface area (Å²) < 4.78 is 10.5. The summed E-state index contributed by atoms with van der Waals surface area (Å²) >= 11 is 0. The lowest BCUT2D eigenvalue weighted by Crippen LogP contribution is -2.21. The van der Waals surface area contributed by atoms with E-state index in [0.29, 0.717) is 18.8 Å². The quantitative estimate of drug-likeness (QED) is 0.901. The summed E-state index contributed by atoms with van der Waals surface area (Å²) in [6.45, 7) is 4.09. The molecular formula is C16H21N3O3. The van der Waals surface area contributed by atoms with Crippen LogP contribution < -0.4 is 4.74 Å². The molecule has 1 aliphatic rings. The number of ether oxygens (including phenoxy) is 1. The number of likely N-dealkylation sites (tertiary alicyclic amines) is 1. The highest BCUT2D eigenvalue weighted by molar-refractivity contribution is 5.25. The van der Waals surface area contributed by atoms with Crippen molar-refractivity contribution in [3.8, 4) is 5.88 Å². The number of aliphatic hydroxyl groups is 1. The Labute approximate surface area is 129 Å². The maximum Gasteiger partial charge on any atom is 0.217 e. The summed E-state index contributed by atoms with van der Waals surface area (Å²) in [5.41, 5.74) is 1.91. The average Bonchev–Trinajstić information content (AvgIpc) is 3.06. The van der Waals surface area contributed by atoms with Crippen LogP contribution in [-0.4, -0.2) is 46.5 Å². The van der Waals surface area contributed by atoms with Crippen molar-refractivity contribution in [2.75, 3.05) is 20.2 Å². The second-order valence-electron chi connectivity index (χ2n) is 5.83. The molecule has 3 rings (SSSR count). The summed E-state index contributed by atoms with van der Waals surface area (Å²) in [5, 5.41) is 14.2. The van der Waals surface area contributed by atoms with E-state index < -0.39 is 0 Å². The zero-order valence-electron chi connectivity index (χ0n) is 12.9. The Kier molecular flexibility index (Phi) is 4.40. The van der Waals surface area contributed by atoms with Gasteiger partial charge in [-0.1, -0.05) is 11.2 Å². The predicted octanol–water partition coefficient (Wildman–Crippen LogP) is 1.42. The van der Waals surface area contributed by atoms with Gasteiger partial charge in [0.05, 0.1) is 18.9 Å². The van der Waals surface area contributed by atoms with Gasteiger partial charge in [0.25, 0.3) is 0 Å². The Morgan fingerprint density at radius 1 is 1.45 bits per heavy atom.